The van der Waals surface area contributed by atoms with Crippen LogP contribution in [0.15, 0.2) is 24.3 Å². The second-order valence-electron chi connectivity index (χ2n) is 5.45. The van der Waals surface area contributed by atoms with Gasteiger partial charge in [0.1, 0.15) is 0 Å². The van der Waals surface area contributed by atoms with Gasteiger partial charge in [0.15, 0.2) is 0 Å². The average Bonchev–Trinajstić information content (AvgIpc) is 2.39. The van der Waals surface area contributed by atoms with Gasteiger partial charge >= 0.3 is 6.18 Å². The second-order valence-corrected chi connectivity index (χ2v) is 6.68. The van der Waals surface area contributed by atoms with Gasteiger partial charge in [0, 0.05) is 6.04 Å². The van der Waals surface area contributed by atoms with Crippen molar-refractivity contribution in [3.8, 4) is 0 Å². The Balaban J connectivity index is 1.86. The van der Waals surface area contributed by atoms with Gasteiger partial charge in [0.25, 0.3) is 0 Å². The summed E-state index contributed by atoms with van der Waals surface area (Å²) in [6.45, 7) is 0. The van der Waals surface area contributed by atoms with Gasteiger partial charge in [-0.1, -0.05) is 12.1 Å². The normalized spacial score (nSPS) is 19.0. The van der Waals surface area contributed by atoms with E-state index in [0.29, 0.717) is 12.3 Å². The summed E-state index contributed by atoms with van der Waals surface area (Å²) in [6.07, 6.45) is -0.208. The van der Waals surface area contributed by atoms with Crippen LogP contribution in [0.2, 0.25) is 0 Å². The van der Waals surface area contributed by atoms with E-state index in [1.54, 1.807) is 12.1 Å². The lowest BCUT2D eigenvalue weighted by Gasteiger charge is -2.24. The first kappa shape index (κ1) is 15.7. The first-order valence-corrected chi connectivity index (χ1v) is 8.10. The number of benzene rings is 1. The van der Waals surface area contributed by atoms with E-state index in [4.69, 9.17) is 5.73 Å². The highest BCUT2D eigenvalue weighted by Gasteiger charge is 2.30. The molecule has 1 aliphatic rings. The zero-order chi connectivity index (χ0) is 14.6. The van der Waals surface area contributed by atoms with Crippen molar-refractivity contribution in [2.75, 3.05) is 11.5 Å². The van der Waals surface area contributed by atoms with Crippen molar-refractivity contribution in [2.45, 2.75) is 37.9 Å². The molecule has 1 unspecified atom stereocenters. The molecule has 1 atom stereocenters. The molecule has 2 N–H and O–H groups in total. The number of thioether (sulfide) groups is 1. The number of alkyl halides is 3. The van der Waals surface area contributed by atoms with Crippen molar-refractivity contribution in [1.82, 2.24) is 0 Å². The topological polar surface area (TPSA) is 26.0 Å². The fourth-order valence-electron chi connectivity index (χ4n) is 2.63. The van der Waals surface area contributed by atoms with Crippen LogP contribution in [0.4, 0.5) is 13.2 Å². The predicted molar refractivity (Wildman–Crippen MR) is 77.8 cm³/mol. The van der Waals surface area contributed by atoms with E-state index in [-0.39, 0.29) is 6.04 Å². The quantitative estimate of drug-likeness (QED) is 0.906. The molecule has 0 radical (unpaired) electrons. The Morgan fingerprint density at radius 2 is 1.75 bits per heavy atom. The maximum absolute atomic E-state index is 12.5. The second kappa shape index (κ2) is 6.85. The first-order valence-electron chi connectivity index (χ1n) is 6.94. The van der Waals surface area contributed by atoms with Crippen molar-refractivity contribution >= 4 is 11.8 Å². The van der Waals surface area contributed by atoms with Gasteiger partial charge in [-0.25, -0.2) is 0 Å². The summed E-state index contributed by atoms with van der Waals surface area (Å²) < 4.78 is 37.4. The largest absolute Gasteiger partial charge is 0.416 e. The van der Waals surface area contributed by atoms with Crippen LogP contribution in [-0.4, -0.2) is 17.5 Å². The molecule has 0 spiro atoms. The van der Waals surface area contributed by atoms with Crippen molar-refractivity contribution in [1.29, 1.82) is 0 Å². The summed E-state index contributed by atoms with van der Waals surface area (Å²) in [6, 6.07) is 5.40. The van der Waals surface area contributed by atoms with E-state index in [2.05, 4.69) is 0 Å². The van der Waals surface area contributed by atoms with Gasteiger partial charge < -0.3 is 5.73 Å². The maximum atomic E-state index is 12.5. The molecule has 0 amide bonds. The highest BCUT2D eigenvalue weighted by molar-refractivity contribution is 7.99. The fraction of sp³-hybridized carbons (Fsp3) is 0.600. The van der Waals surface area contributed by atoms with Gasteiger partial charge in [-0.05, 0) is 60.8 Å². The summed E-state index contributed by atoms with van der Waals surface area (Å²) in [5, 5.41) is 0. The Labute approximate surface area is 122 Å². The Kier molecular flexibility index (Phi) is 5.38. The molecule has 0 aliphatic carbocycles. The molecule has 0 bridgehead atoms. The van der Waals surface area contributed by atoms with Crippen molar-refractivity contribution in [3.05, 3.63) is 35.4 Å². The van der Waals surface area contributed by atoms with Gasteiger partial charge in [0.05, 0.1) is 5.56 Å². The fourth-order valence-corrected chi connectivity index (χ4v) is 3.83. The zero-order valence-electron chi connectivity index (χ0n) is 11.3. The molecule has 1 aliphatic heterocycles. The van der Waals surface area contributed by atoms with Gasteiger partial charge in [0.2, 0.25) is 0 Å². The standard InChI is InChI=1S/C15H20F3NS/c16-15(17,18)13-3-1-11(2-4-13)9-14(19)10-12-5-7-20-8-6-12/h1-4,12,14H,5-10,19H2. The minimum atomic E-state index is -4.26. The molecular formula is C15H20F3NS. The average molecular weight is 303 g/mol. The van der Waals surface area contributed by atoms with E-state index in [1.165, 1.54) is 24.3 Å². The van der Waals surface area contributed by atoms with Gasteiger partial charge in [-0.3, -0.25) is 0 Å². The van der Waals surface area contributed by atoms with Crippen LogP contribution in [0, 0.1) is 5.92 Å². The minimum Gasteiger partial charge on any atom is -0.327 e. The smallest absolute Gasteiger partial charge is 0.327 e. The molecule has 5 heteroatoms. The minimum absolute atomic E-state index is 0.0415. The van der Waals surface area contributed by atoms with E-state index < -0.39 is 11.7 Å². The first-order chi connectivity index (χ1) is 9.45. The number of rotatable bonds is 4. The van der Waals surface area contributed by atoms with Crippen molar-refractivity contribution < 1.29 is 13.2 Å². The van der Waals surface area contributed by atoms with Crippen LogP contribution in [0.3, 0.4) is 0 Å². The lowest BCUT2D eigenvalue weighted by molar-refractivity contribution is -0.137. The summed E-state index contributed by atoms with van der Waals surface area (Å²) in [5.74, 6) is 3.09. The maximum Gasteiger partial charge on any atom is 0.416 e. The van der Waals surface area contributed by atoms with E-state index >= 15 is 0 Å². The predicted octanol–water partition coefficient (Wildman–Crippen LogP) is 4.11. The van der Waals surface area contributed by atoms with E-state index in [0.717, 1.165) is 24.1 Å². The highest BCUT2D eigenvalue weighted by Crippen LogP contribution is 2.30. The lowest BCUT2D eigenvalue weighted by Crippen LogP contribution is -2.27. The van der Waals surface area contributed by atoms with Gasteiger partial charge in [-0.15, -0.1) is 0 Å². The Morgan fingerprint density at radius 3 is 2.30 bits per heavy atom. The van der Waals surface area contributed by atoms with E-state index in [9.17, 15) is 13.2 Å². The molecule has 1 aromatic carbocycles. The van der Waals surface area contributed by atoms with Crippen LogP contribution < -0.4 is 5.73 Å². The molecular weight excluding hydrogens is 283 g/mol. The molecule has 0 aromatic heterocycles. The van der Waals surface area contributed by atoms with E-state index in [1.807, 2.05) is 11.8 Å². The van der Waals surface area contributed by atoms with Crippen LogP contribution >= 0.6 is 11.8 Å². The van der Waals surface area contributed by atoms with Crippen LogP contribution in [0.5, 0.6) is 0 Å². The monoisotopic (exact) mass is 303 g/mol. The third kappa shape index (κ3) is 4.70. The zero-order valence-corrected chi connectivity index (χ0v) is 12.1. The van der Waals surface area contributed by atoms with Gasteiger partial charge in [-0.2, -0.15) is 24.9 Å². The van der Waals surface area contributed by atoms with Crippen LogP contribution in [0.1, 0.15) is 30.4 Å². The number of nitrogens with two attached hydrogens (primary N) is 1. The Morgan fingerprint density at radius 1 is 1.15 bits per heavy atom. The molecule has 1 nitrogen and oxygen atoms in total. The molecule has 1 aromatic rings. The molecule has 1 saturated heterocycles. The van der Waals surface area contributed by atoms with Crippen molar-refractivity contribution in [2.24, 2.45) is 11.7 Å². The third-order valence-electron chi connectivity index (χ3n) is 3.76. The molecule has 1 heterocycles. The summed E-state index contributed by atoms with van der Waals surface area (Å²) in [4.78, 5) is 0. The van der Waals surface area contributed by atoms with Crippen LogP contribution in [0.25, 0.3) is 0 Å². The van der Waals surface area contributed by atoms with Crippen LogP contribution in [-0.2, 0) is 12.6 Å². The highest BCUT2D eigenvalue weighted by atomic mass is 32.2. The Bertz CT molecular complexity index is 410. The third-order valence-corrected chi connectivity index (χ3v) is 4.80. The number of hydrogen-bond acceptors (Lipinski definition) is 2. The molecule has 112 valence electrons. The SMILES string of the molecule is NC(Cc1ccc(C(F)(F)F)cc1)CC1CCSCC1. The molecule has 20 heavy (non-hydrogen) atoms. The lowest BCUT2D eigenvalue weighted by atomic mass is 9.91. The summed E-state index contributed by atoms with van der Waals surface area (Å²) in [5.41, 5.74) is 6.42. The molecule has 1 fully saturated rings. The van der Waals surface area contributed by atoms with Crippen molar-refractivity contribution in [3.63, 3.8) is 0 Å². The molecule has 2 rings (SSSR count). The number of halogens is 3. The summed E-state index contributed by atoms with van der Waals surface area (Å²) in [7, 11) is 0. The summed E-state index contributed by atoms with van der Waals surface area (Å²) >= 11 is 1.99. The number of hydrogen-bond donors (Lipinski definition) is 1. The Hall–Kier alpha value is -0.680. The molecule has 0 saturated carbocycles.